The van der Waals surface area contributed by atoms with Gasteiger partial charge < -0.3 is 10.0 Å². The Bertz CT molecular complexity index is 487. The zero-order chi connectivity index (χ0) is 15.8. The van der Waals surface area contributed by atoms with Crippen molar-refractivity contribution in [3.63, 3.8) is 0 Å². The van der Waals surface area contributed by atoms with Crippen LogP contribution in [0.1, 0.15) is 19.3 Å². The molecular formula is C13H17NO5S2. The number of aliphatic carboxylic acids is 1. The minimum atomic E-state index is -1.31. The van der Waals surface area contributed by atoms with E-state index in [9.17, 15) is 24.3 Å². The van der Waals surface area contributed by atoms with Crippen molar-refractivity contribution in [2.75, 3.05) is 18.1 Å². The SMILES string of the molecule is O=C(O)C1CC2(CN1C(=O)C(CS)CS)C(=O)CCC2=O. The normalized spacial score (nSPS) is 24.3. The van der Waals surface area contributed by atoms with Crippen molar-refractivity contribution in [3.8, 4) is 0 Å². The van der Waals surface area contributed by atoms with Gasteiger partial charge in [0.15, 0.2) is 0 Å². The number of hydrogen-bond acceptors (Lipinski definition) is 6. The summed E-state index contributed by atoms with van der Waals surface area (Å²) in [5.74, 6) is -2.15. The monoisotopic (exact) mass is 331 g/mol. The van der Waals surface area contributed by atoms with Gasteiger partial charge >= 0.3 is 5.97 Å². The third kappa shape index (κ3) is 2.59. The molecule has 2 aliphatic rings. The lowest BCUT2D eigenvalue weighted by Gasteiger charge is -2.26. The van der Waals surface area contributed by atoms with E-state index in [0.29, 0.717) is 0 Å². The van der Waals surface area contributed by atoms with Crippen LogP contribution in [0.25, 0.3) is 0 Å². The molecule has 1 atom stereocenters. The molecule has 0 aromatic heterocycles. The molecule has 116 valence electrons. The number of ketones is 2. The van der Waals surface area contributed by atoms with E-state index < -0.39 is 29.3 Å². The van der Waals surface area contributed by atoms with Crippen LogP contribution in [0.15, 0.2) is 0 Å². The van der Waals surface area contributed by atoms with E-state index >= 15 is 0 Å². The Kier molecular flexibility index (Phi) is 4.67. The fourth-order valence-electron chi connectivity index (χ4n) is 3.07. The largest absolute Gasteiger partial charge is 0.480 e. The predicted molar refractivity (Wildman–Crippen MR) is 80.6 cm³/mol. The van der Waals surface area contributed by atoms with Crippen molar-refractivity contribution in [2.24, 2.45) is 11.3 Å². The molecule has 1 heterocycles. The third-order valence-corrected chi connectivity index (χ3v) is 5.24. The molecule has 1 amide bonds. The average Bonchev–Trinajstić information content (AvgIpc) is 2.98. The summed E-state index contributed by atoms with van der Waals surface area (Å²) in [4.78, 5) is 49.1. The van der Waals surface area contributed by atoms with Crippen molar-refractivity contribution >= 4 is 48.7 Å². The summed E-state index contributed by atoms with van der Waals surface area (Å²) in [6.45, 7) is -0.126. The van der Waals surface area contributed by atoms with Gasteiger partial charge in [-0.15, -0.1) is 0 Å². The fourth-order valence-corrected chi connectivity index (χ4v) is 3.85. The quantitative estimate of drug-likeness (QED) is 0.501. The average molecular weight is 331 g/mol. The van der Waals surface area contributed by atoms with Crippen LogP contribution < -0.4 is 0 Å². The second-order valence-corrected chi connectivity index (χ2v) is 6.25. The van der Waals surface area contributed by atoms with Gasteiger partial charge in [-0.2, -0.15) is 25.3 Å². The zero-order valence-corrected chi connectivity index (χ0v) is 13.1. The van der Waals surface area contributed by atoms with Gasteiger partial charge in [0.2, 0.25) is 5.91 Å². The lowest BCUT2D eigenvalue weighted by atomic mass is 9.82. The molecule has 1 N–H and O–H groups in total. The first-order valence-corrected chi connectivity index (χ1v) is 7.95. The van der Waals surface area contributed by atoms with Gasteiger partial charge in [-0.05, 0) is 6.42 Å². The standard InChI is InChI=1S/C13H17NO5S2/c15-9-1-2-10(16)13(9)3-8(12(18)19)14(6-13)11(17)7(4-20)5-21/h7-8,20-21H,1-6H2,(H,18,19). The highest BCUT2D eigenvalue weighted by Gasteiger charge is 2.59. The fraction of sp³-hybridized carbons (Fsp3) is 0.692. The molecule has 0 bridgehead atoms. The number of thiol groups is 2. The van der Waals surface area contributed by atoms with Crippen LogP contribution in [-0.2, 0) is 19.2 Å². The lowest BCUT2D eigenvalue weighted by molar-refractivity contribution is -0.149. The minimum Gasteiger partial charge on any atom is -0.480 e. The highest BCUT2D eigenvalue weighted by atomic mass is 32.1. The second kappa shape index (κ2) is 6.00. The van der Waals surface area contributed by atoms with Crippen molar-refractivity contribution < 1.29 is 24.3 Å². The number of carboxylic acids is 1. The molecular weight excluding hydrogens is 314 g/mol. The van der Waals surface area contributed by atoms with Gasteiger partial charge in [0.05, 0.1) is 5.92 Å². The summed E-state index contributed by atoms with van der Waals surface area (Å²) < 4.78 is 0. The maximum absolute atomic E-state index is 12.4. The number of carbonyl (C=O) groups is 4. The van der Waals surface area contributed by atoms with Crippen LogP contribution >= 0.6 is 25.3 Å². The van der Waals surface area contributed by atoms with Crippen molar-refractivity contribution in [1.29, 1.82) is 0 Å². The summed E-state index contributed by atoms with van der Waals surface area (Å²) >= 11 is 8.14. The van der Waals surface area contributed by atoms with Crippen LogP contribution in [0.4, 0.5) is 0 Å². The van der Waals surface area contributed by atoms with Crippen LogP contribution in [0.2, 0.25) is 0 Å². The van der Waals surface area contributed by atoms with Crippen LogP contribution in [0.3, 0.4) is 0 Å². The first-order valence-electron chi connectivity index (χ1n) is 6.69. The maximum atomic E-state index is 12.4. The highest BCUT2D eigenvalue weighted by molar-refractivity contribution is 7.81. The molecule has 21 heavy (non-hydrogen) atoms. The van der Waals surface area contributed by atoms with Crippen LogP contribution in [-0.4, -0.2) is 57.5 Å². The zero-order valence-electron chi connectivity index (χ0n) is 11.3. The lowest BCUT2D eigenvalue weighted by Crippen LogP contribution is -2.45. The molecule has 1 saturated carbocycles. The number of nitrogens with zero attached hydrogens (tertiary/aromatic N) is 1. The van der Waals surface area contributed by atoms with Crippen LogP contribution in [0.5, 0.6) is 0 Å². The van der Waals surface area contributed by atoms with Gasteiger partial charge in [-0.3, -0.25) is 14.4 Å². The first kappa shape index (κ1) is 16.4. The number of amides is 1. The summed E-state index contributed by atoms with van der Waals surface area (Å²) in [6.07, 6.45) is 0.156. The maximum Gasteiger partial charge on any atom is 0.326 e. The molecule has 1 saturated heterocycles. The van der Waals surface area contributed by atoms with Gasteiger partial charge in [-0.1, -0.05) is 0 Å². The van der Waals surface area contributed by atoms with Gasteiger partial charge in [0.1, 0.15) is 23.0 Å². The van der Waals surface area contributed by atoms with Gasteiger partial charge in [-0.25, -0.2) is 4.79 Å². The Morgan fingerprint density at radius 2 is 1.76 bits per heavy atom. The Morgan fingerprint density at radius 3 is 2.19 bits per heavy atom. The number of carboxylic acid groups (broad SMARTS) is 1. The Balaban J connectivity index is 2.32. The van der Waals surface area contributed by atoms with E-state index in [0.717, 1.165) is 4.90 Å². The first-order chi connectivity index (χ1) is 9.87. The van der Waals surface area contributed by atoms with Gasteiger partial charge in [0.25, 0.3) is 0 Å². The highest BCUT2D eigenvalue weighted by Crippen LogP contribution is 2.43. The van der Waals surface area contributed by atoms with E-state index in [1.807, 2.05) is 0 Å². The third-order valence-electron chi connectivity index (χ3n) is 4.36. The van der Waals surface area contributed by atoms with E-state index in [1.165, 1.54) is 0 Å². The van der Waals surface area contributed by atoms with Crippen LogP contribution in [0, 0.1) is 11.3 Å². The summed E-state index contributed by atoms with van der Waals surface area (Å²) in [5, 5.41) is 9.32. The minimum absolute atomic E-state index is 0.113. The molecule has 1 spiro atoms. The number of likely N-dealkylation sites (tertiary alicyclic amines) is 1. The van der Waals surface area contributed by atoms with E-state index in [1.54, 1.807) is 0 Å². The topological polar surface area (TPSA) is 91.8 Å². The molecule has 6 nitrogen and oxygen atoms in total. The molecule has 8 heteroatoms. The molecule has 1 aliphatic heterocycles. The smallest absolute Gasteiger partial charge is 0.326 e. The van der Waals surface area contributed by atoms with Crippen molar-refractivity contribution in [2.45, 2.75) is 25.3 Å². The van der Waals surface area contributed by atoms with Crippen molar-refractivity contribution in [1.82, 2.24) is 4.90 Å². The number of hydrogen-bond donors (Lipinski definition) is 3. The number of carbonyl (C=O) groups excluding carboxylic acids is 3. The van der Waals surface area contributed by atoms with E-state index in [4.69, 9.17) is 0 Å². The van der Waals surface area contributed by atoms with Gasteiger partial charge in [0, 0.05) is 30.9 Å². The Labute approximate surface area is 133 Å². The molecule has 1 aliphatic carbocycles. The Hall–Kier alpha value is -1.02. The second-order valence-electron chi connectivity index (χ2n) is 5.51. The summed E-state index contributed by atoms with van der Waals surface area (Å²) in [6, 6.07) is -1.13. The van der Waals surface area contributed by atoms with Crippen molar-refractivity contribution in [3.05, 3.63) is 0 Å². The molecule has 1 unspecified atom stereocenters. The number of Topliss-reactive ketones (excluding diaryl/α,β-unsaturated/α-hetero) is 2. The Morgan fingerprint density at radius 1 is 1.24 bits per heavy atom. The van der Waals surface area contributed by atoms with E-state index in [-0.39, 0.29) is 48.9 Å². The summed E-state index contributed by atoms with van der Waals surface area (Å²) in [5.41, 5.74) is -1.31. The number of rotatable bonds is 4. The molecule has 0 aromatic rings. The predicted octanol–water partition coefficient (Wildman–Crippen LogP) is 0.0661. The molecule has 2 rings (SSSR count). The van der Waals surface area contributed by atoms with E-state index in [2.05, 4.69) is 25.3 Å². The molecule has 0 aromatic carbocycles. The molecule has 2 fully saturated rings. The molecule has 0 radical (unpaired) electrons. The summed E-state index contributed by atoms with van der Waals surface area (Å²) in [7, 11) is 0.